The summed E-state index contributed by atoms with van der Waals surface area (Å²) in [5, 5.41) is 1.28. The number of hydrogen-bond donors (Lipinski definition) is 2. The number of benzene rings is 1. The minimum absolute atomic E-state index is 0.0884. The smallest absolute Gasteiger partial charge is 0.0461 e. The van der Waals surface area contributed by atoms with Crippen LogP contribution >= 0.6 is 23.2 Å². The molecule has 4 heteroatoms. The van der Waals surface area contributed by atoms with Gasteiger partial charge in [0.15, 0.2) is 0 Å². The van der Waals surface area contributed by atoms with E-state index in [0.717, 1.165) is 18.4 Å². The molecule has 0 aliphatic carbocycles. The lowest BCUT2D eigenvalue weighted by Gasteiger charge is -2.23. The summed E-state index contributed by atoms with van der Waals surface area (Å²) in [5.74, 6) is 5.60. The van der Waals surface area contributed by atoms with Crippen LogP contribution < -0.4 is 11.3 Å². The van der Waals surface area contributed by atoms with Gasteiger partial charge in [0.2, 0.25) is 0 Å². The first-order chi connectivity index (χ1) is 7.81. The van der Waals surface area contributed by atoms with Crippen LogP contribution in [0.1, 0.15) is 45.2 Å². The predicted molar refractivity (Wildman–Crippen MR) is 75.2 cm³/mol. The van der Waals surface area contributed by atoms with Crippen molar-refractivity contribution in [1.82, 2.24) is 5.43 Å². The van der Waals surface area contributed by atoms with E-state index in [0.29, 0.717) is 10.0 Å². The first kappa shape index (κ1) is 14.8. The van der Waals surface area contributed by atoms with Crippen molar-refractivity contribution >= 4 is 23.2 Å². The number of halogens is 2. The largest absolute Gasteiger partial charge is 0.271 e. The Morgan fingerprint density at radius 2 is 1.71 bits per heavy atom. The van der Waals surface area contributed by atoms with Crippen molar-refractivity contribution in [2.45, 2.75) is 39.7 Å². The molecular weight excluding hydrogens is 255 g/mol. The summed E-state index contributed by atoms with van der Waals surface area (Å²) in [6.45, 7) is 6.64. The number of rotatable bonds is 4. The maximum Gasteiger partial charge on any atom is 0.0461 e. The summed E-state index contributed by atoms with van der Waals surface area (Å²) in [5.41, 5.74) is 4.15. The number of nitrogens with one attached hydrogen (secondary N) is 1. The lowest BCUT2D eigenvalue weighted by molar-refractivity contribution is 0.333. The monoisotopic (exact) mass is 274 g/mol. The van der Waals surface area contributed by atoms with Crippen molar-refractivity contribution in [3.8, 4) is 0 Å². The van der Waals surface area contributed by atoms with Crippen LogP contribution in [0.5, 0.6) is 0 Å². The highest BCUT2D eigenvalue weighted by Crippen LogP contribution is 2.29. The SMILES string of the molecule is CC(C)(C)CCC(NN)c1cc(Cl)cc(Cl)c1. The standard InChI is InChI=1S/C13H20Cl2N2/c1-13(2,3)5-4-12(17-16)9-6-10(14)8-11(15)7-9/h6-8,12,17H,4-5,16H2,1-3H3. The second kappa shape index (κ2) is 6.05. The third-order valence-electron chi connectivity index (χ3n) is 2.67. The lowest BCUT2D eigenvalue weighted by Crippen LogP contribution is -2.29. The molecule has 1 unspecified atom stereocenters. The van der Waals surface area contributed by atoms with E-state index in [2.05, 4.69) is 26.2 Å². The van der Waals surface area contributed by atoms with Gasteiger partial charge < -0.3 is 0 Å². The molecule has 17 heavy (non-hydrogen) atoms. The van der Waals surface area contributed by atoms with E-state index < -0.39 is 0 Å². The molecule has 1 aromatic rings. The van der Waals surface area contributed by atoms with Gasteiger partial charge in [0.05, 0.1) is 0 Å². The van der Waals surface area contributed by atoms with Gasteiger partial charge in [-0.1, -0.05) is 44.0 Å². The Kier molecular flexibility index (Phi) is 5.26. The Balaban J connectivity index is 2.79. The van der Waals surface area contributed by atoms with Gasteiger partial charge >= 0.3 is 0 Å². The Bertz CT molecular complexity index is 352. The molecule has 1 atom stereocenters. The van der Waals surface area contributed by atoms with E-state index >= 15 is 0 Å². The van der Waals surface area contributed by atoms with Crippen LogP contribution in [0.2, 0.25) is 10.0 Å². The van der Waals surface area contributed by atoms with E-state index in [1.807, 2.05) is 12.1 Å². The molecule has 0 aliphatic heterocycles. The number of nitrogens with two attached hydrogens (primary N) is 1. The summed E-state index contributed by atoms with van der Waals surface area (Å²) in [7, 11) is 0. The fraction of sp³-hybridized carbons (Fsp3) is 0.538. The van der Waals surface area contributed by atoms with E-state index in [1.165, 1.54) is 0 Å². The highest BCUT2D eigenvalue weighted by molar-refractivity contribution is 6.34. The topological polar surface area (TPSA) is 38.0 Å². The highest BCUT2D eigenvalue weighted by atomic mass is 35.5. The molecule has 0 saturated heterocycles. The van der Waals surface area contributed by atoms with Gasteiger partial charge in [0.1, 0.15) is 0 Å². The molecule has 0 aromatic heterocycles. The zero-order chi connectivity index (χ0) is 13.1. The molecule has 1 aromatic carbocycles. The van der Waals surface area contributed by atoms with Gasteiger partial charge in [-0.2, -0.15) is 0 Å². The first-order valence-electron chi connectivity index (χ1n) is 5.74. The van der Waals surface area contributed by atoms with Gasteiger partial charge in [-0.15, -0.1) is 0 Å². The molecule has 0 heterocycles. The van der Waals surface area contributed by atoms with Crippen molar-refractivity contribution in [2.24, 2.45) is 11.3 Å². The average molecular weight is 275 g/mol. The Morgan fingerprint density at radius 1 is 1.18 bits per heavy atom. The van der Waals surface area contributed by atoms with Crippen molar-refractivity contribution in [1.29, 1.82) is 0 Å². The molecule has 0 amide bonds. The van der Waals surface area contributed by atoms with Crippen molar-refractivity contribution < 1.29 is 0 Å². The zero-order valence-corrected chi connectivity index (χ0v) is 12.1. The van der Waals surface area contributed by atoms with Gasteiger partial charge in [-0.25, -0.2) is 0 Å². The Labute approximate surface area is 113 Å². The second-order valence-electron chi connectivity index (χ2n) is 5.52. The average Bonchev–Trinajstić information content (AvgIpc) is 2.15. The highest BCUT2D eigenvalue weighted by Gasteiger charge is 2.16. The molecule has 0 bridgehead atoms. The predicted octanol–water partition coefficient (Wildman–Crippen LogP) is 4.32. The van der Waals surface area contributed by atoms with Crippen molar-refractivity contribution in [3.05, 3.63) is 33.8 Å². The van der Waals surface area contributed by atoms with Crippen LogP contribution in [0.4, 0.5) is 0 Å². The van der Waals surface area contributed by atoms with Crippen LogP contribution in [-0.2, 0) is 0 Å². The molecule has 0 aliphatic rings. The lowest BCUT2D eigenvalue weighted by atomic mass is 9.87. The number of hydrazine groups is 1. The Hall–Kier alpha value is -0.280. The number of hydrogen-bond acceptors (Lipinski definition) is 2. The molecule has 96 valence electrons. The minimum Gasteiger partial charge on any atom is -0.271 e. The van der Waals surface area contributed by atoms with E-state index in [1.54, 1.807) is 6.07 Å². The van der Waals surface area contributed by atoms with Crippen molar-refractivity contribution in [2.75, 3.05) is 0 Å². The van der Waals surface area contributed by atoms with Gasteiger partial charge in [-0.3, -0.25) is 11.3 Å². The molecule has 0 radical (unpaired) electrons. The third kappa shape index (κ3) is 5.26. The van der Waals surface area contributed by atoms with Crippen molar-refractivity contribution in [3.63, 3.8) is 0 Å². The molecule has 3 N–H and O–H groups in total. The summed E-state index contributed by atoms with van der Waals surface area (Å²) >= 11 is 12.0. The first-order valence-corrected chi connectivity index (χ1v) is 6.49. The third-order valence-corrected chi connectivity index (χ3v) is 3.11. The summed E-state index contributed by atoms with van der Waals surface area (Å²) in [4.78, 5) is 0. The van der Waals surface area contributed by atoms with E-state index in [4.69, 9.17) is 29.0 Å². The molecule has 0 saturated carbocycles. The molecule has 0 spiro atoms. The summed E-state index contributed by atoms with van der Waals surface area (Å²) < 4.78 is 0. The minimum atomic E-state index is 0.0884. The van der Waals surface area contributed by atoms with E-state index in [9.17, 15) is 0 Å². The fourth-order valence-electron chi connectivity index (χ4n) is 1.70. The van der Waals surface area contributed by atoms with Crippen LogP contribution in [0.15, 0.2) is 18.2 Å². The van der Waals surface area contributed by atoms with Gasteiger partial charge in [0.25, 0.3) is 0 Å². The molecule has 1 rings (SSSR count). The maximum absolute atomic E-state index is 5.99. The van der Waals surface area contributed by atoms with E-state index in [-0.39, 0.29) is 11.5 Å². The maximum atomic E-state index is 5.99. The fourth-order valence-corrected chi connectivity index (χ4v) is 2.24. The van der Waals surface area contributed by atoms with Crippen LogP contribution in [0, 0.1) is 5.41 Å². The quantitative estimate of drug-likeness (QED) is 0.634. The molecular formula is C13H20Cl2N2. The summed E-state index contributed by atoms with van der Waals surface area (Å²) in [6, 6.07) is 5.62. The zero-order valence-electron chi connectivity index (χ0n) is 10.6. The Morgan fingerprint density at radius 3 is 2.12 bits per heavy atom. The molecule has 2 nitrogen and oxygen atoms in total. The summed E-state index contributed by atoms with van der Waals surface area (Å²) in [6.07, 6.45) is 2.03. The van der Waals surface area contributed by atoms with Gasteiger partial charge in [-0.05, 0) is 42.0 Å². The second-order valence-corrected chi connectivity index (χ2v) is 6.39. The van der Waals surface area contributed by atoms with Crippen LogP contribution in [0.3, 0.4) is 0 Å². The molecule has 0 fully saturated rings. The van der Waals surface area contributed by atoms with Gasteiger partial charge in [0, 0.05) is 16.1 Å². The van der Waals surface area contributed by atoms with Crippen LogP contribution in [-0.4, -0.2) is 0 Å². The normalized spacial score (nSPS) is 13.8. The van der Waals surface area contributed by atoms with Crippen LogP contribution in [0.25, 0.3) is 0 Å².